The van der Waals surface area contributed by atoms with Crippen molar-refractivity contribution in [3.63, 3.8) is 0 Å². The van der Waals surface area contributed by atoms with E-state index in [4.69, 9.17) is 19.4 Å². The molecular formula is C52H50N8O6. The van der Waals surface area contributed by atoms with Crippen LogP contribution in [0.5, 0.6) is 0 Å². The predicted octanol–water partition coefficient (Wildman–Crippen LogP) is 9.40. The molecule has 0 radical (unpaired) electrons. The molecule has 5 aromatic carbocycles. The van der Waals surface area contributed by atoms with Crippen molar-refractivity contribution in [1.29, 1.82) is 0 Å². The van der Waals surface area contributed by atoms with Crippen LogP contribution < -0.4 is 10.6 Å². The van der Waals surface area contributed by atoms with Gasteiger partial charge in [0.1, 0.15) is 23.7 Å². The number of carbonyl (C=O) groups is 4. The Kier molecular flexibility index (Phi) is 12.7. The zero-order valence-electron chi connectivity index (χ0n) is 36.6. The van der Waals surface area contributed by atoms with Gasteiger partial charge < -0.3 is 39.9 Å². The van der Waals surface area contributed by atoms with Gasteiger partial charge in [-0.05, 0) is 64.6 Å². The summed E-state index contributed by atoms with van der Waals surface area (Å²) in [6, 6.07) is 42.1. The minimum atomic E-state index is -0.962. The van der Waals surface area contributed by atoms with Crippen molar-refractivity contribution in [1.82, 2.24) is 40.4 Å². The Morgan fingerprint density at radius 2 is 0.985 bits per heavy atom. The van der Waals surface area contributed by atoms with Gasteiger partial charge in [-0.15, -0.1) is 0 Å². The number of hydrogen-bond acceptors (Lipinski definition) is 8. The molecule has 0 spiro atoms. The number of methoxy groups -OCH3 is 2. The van der Waals surface area contributed by atoms with Gasteiger partial charge in [-0.3, -0.25) is 9.59 Å². The van der Waals surface area contributed by atoms with Gasteiger partial charge in [0.25, 0.3) is 11.8 Å². The first-order chi connectivity index (χ1) is 32.3. The predicted molar refractivity (Wildman–Crippen MR) is 248 cm³/mol. The summed E-state index contributed by atoms with van der Waals surface area (Å²) in [6.45, 7) is 0.545. The van der Waals surface area contributed by atoms with Crippen LogP contribution in [0.3, 0.4) is 0 Å². The minimum absolute atomic E-state index is 0.219. The molecule has 9 rings (SSSR count). The number of H-pyrrole nitrogens is 2. The fourth-order valence-corrected chi connectivity index (χ4v) is 9.23. The van der Waals surface area contributed by atoms with Crippen molar-refractivity contribution >= 4 is 24.0 Å². The summed E-state index contributed by atoms with van der Waals surface area (Å²) in [7, 11) is 2.56. The number of amides is 4. The van der Waals surface area contributed by atoms with Gasteiger partial charge in [-0.2, -0.15) is 0 Å². The number of rotatable bonds is 12. The first-order valence-corrected chi connectivity index (χ1v) is 22.1. The van der Waals surface area contributed by atoms with Gasteiger partial charge >= 0.3 is 12.2 Å². The standard InChI is InChI=1S/C52H50N8O6/c1-65-51(63)57-45(38-15-8-4-9-16-38)49(61)59-30-12-19-43(59)47-53-31-40(55-47)35-24-20-33(21-25-35)34-22-26-36(27-23-34)41-32-54-48(56-41)44-29-28-42(37-13-6-3-7-14-37)60(44)50(62)46(58-52(64)66-2)39-17-10-5-11-18-39/h3-11,13-18,20-27,31-32,42-46H,12,19,28-30H2,1-2H3,(H,53,55)(H,54,56)(H,57,63)(H,58,64)/t42-,43+,44+,45-,46-/m1/s1. The van der Waals surface area contributed by atoms with Crippen molar-refractivity contribution < 1.29 is 28.7 Å². The summed E-state index contributed by atoms with van der Waals surface area (Å²) in [5.41, 5.74) is 7.96. The molecule has 66 heavy (non-hydrogen) atoms. The van der Waals surface area contributed by atoms with Gasteiger partial charge in [0.05, 0.1) is 56.1 Å². The number of alkyl carbamates (subject to hydrolysis) is 2. The second kappa shape index (κ2) is 19.4. The Morgan fingerprint density at radius 3 is 1.48 bits per heavy atom. The van der Waals surface area contributed by atoms with E-state index in [1.54, 1.807) is 17.3 Å². The van der Waals surface area contributed by atoms with Crippen LogP contribution in [0.25, 0.3) is 33.6 Å². The maximum atomic E-state index is 14.7. The number of ether oxygens (including phenoxy) is 2. The topological polar surface area (TPSA) is 175 Å². The molecule has 0 bridgehead atoms. The molecule has 14 nitrogen and oxygen atoms in total. The van der Waals surface area contributed by atoms with Crippen LogP contribution >= 0.6 is 0 Å². The smallest absolute Gasteiger partial charge is 0.407 e. The summed E-state index contributed by atoms with van der Waals surface area (Å²) >= 11 is 0. The minimum Gasteiger partial charge on any atom is -0.453 e. The third-order valence-corrected chi connectivity index (χ3v) is 12.6. The van der Waals surface area contributed by atoms with E-state index in [1.165, 1.54) is 14.2 Å². The second-order valence-electron chi connectivity index (χ2n) is 16.4. The van der Waals surface area contributed by atoms with Gasteiger partial charge in [0.2, 0.25) is 0 Å². The van der Waals surface area contributed by atoms with Crippen LogP contribution in [0.4, 0.5) is 9.59 Å². The molecule has 2 aromatic heterocycles. The van der Waals surface area contributed by atoms with E-state index in [1.807, 2.05) is 108 Å². The van der Waals surface area contributed by atoms with Crippen molar-refractivity contribution in [2.24, 2.45) is 0 Å². The van der Waals surface area contributed by atoms with Crippen LogP contribution in [-0.4, -0.2) is 74.5 Å². The zero-order valence-corrected chi connectivity index (χ0v) is 36.6. The number of likely N-dealkylation sites (tertiary alicyclic amines) is 2. The van der Waals surface area contributed by atoms with Gasteiger partial charge in [-0.1, -0.05) is 140 Å². The normalized spacial score (nSPS) is 17.8. The van der Waals surface area contributed by atoms with Gasteiger partial charge in [0, 0.05) is 6.54 Å². The average Bonchev–Trinajstić information content (AvgIpc) is 4.23. The van der Waals surface area contributed by atoms with E-state index < -0.39 is 24.3 Å². The number of hydrogen-bond donors (Lipinski definition) is 4. The van der Waals surface area contributed by atoms with E-state index in [2.05, 4.69) is 57.0 Å². The lowest BCUT2D eigenvalue weighted by atomic mass is 10.0. The highest BCUT2D eigenvalue weighted by atomic mass is 16.5. The number of nitrogens with one attached hydrogen (secondary N) is 4. The molecular weight excluding hydrogens is 833 g/mol. The average molecular weight is 883 g/mol. The second-order valence-corrected chi connectivity index (χ2v) is 16.4. The van der Waals surface area contributed by atoms with E-state index in [0.717, 1.165) is 58.5 Å². The summed E-state index contributed by atoms with van der Waals surface area (Å²) in [5, 5.41) is 5.50. The van der Waals surface area contributed by atoms with Crippen molar-refractivity contribution in [3.05, 3.63) is 180 Å². The van der Waals surface area contributed by atoms with Crippen LogP contribution in [0.1, 0.15) is 84.2 Å². The Morgan fingerprint density at radius 1 is 0.545 bits per heavy atom. The molecule has 4 amide bonds. The highest BCUT2D eigenvalue weighted by Gasteiger charge is 2.43. The molecule has 334 valence electrons. The molecule has 0 unspecified atom stereocenters. The summed E-state index contributed by atoms with van der Waals surface area (Å²) < 4.78 is 9.78. The fourth-order valence-electron chi connectivity index (χ4n) is 9.23. The van der Waals surface area contributed by atoms with E-state index >= 15 is 0 Å². The molecule has 4 heterocycles. The molecule has 2 aliphatic heterocycles. The number of aromatic amines is 2. The van der Waals surface area contributed by atoms with E-state index in [9.17, 15) is 19.2 Å². The lowest BCUT2D eigenvalue weighted by Crippen LogP contribution is -2.43. The summed E-state index contributed by atoms with van der Waals surface area (Å²) in [6.07, 6.45) is 5.18. The molecule has 4 N–H and O–H groups in total. The molecule has 2 fully saturated rings. The maximum absolute atomic E-state index is 14.7. The highest BCUT2D eigenvalue weighted by Crippen LogP contribution is 2.45. The van der Waals surface area contributed by atoms with E-state index in [0.29, 0.717) is 35.7 Å². The first-order valence-electron chi connectivity index (χ1n) is 22.1. The van der Waals surface area contributed by atoms with Crippen LogP contribution in [0, 0.1) is 0 Å². The first kappa shape index (κ1) is 43.3. The van der Waals surface area contributed by atoms with Crippen molar-refractivity contribution in [2.75, 3.05) is 20.8 Å². The number of benzene rings is 5. The Hall–Kier alpha value is -8.00. The number of nitrogens with zero attached hydrogens (tertiary/aromatic N) is 4. The molecule has 0 saturated carbocycles. The highest BCUT2D eigenvalue weighted by molar-refractivity contribution is 5.88. The van der Waals surface area contributed by atoms with Crippen LogP contribution in [0.2, 0.25) is 0 Å². The Labute approximate surface area is 382 Å². The lowest BCUT2D eigenvalue weighted by Gasteiger charge is -2.33. The SMILES string of the molecule is COC(=O)N[C@@H](C(=O)N1CCC[C@H]1c1ncc(-c2ccc(-c3ccc(-c4cnc([C@@H]5CC[C@H](c6ccccc6)N5C(=O)[C@H](NC(=O)OC)c5ccccc5)[nH]4)cc3)cc2)[nH]1)c1ccccc1. The molecule has 5 atom stereocenters. The molecule has 2 aliphatic rings. The van der Waals surface area contributed by atoms with E-state index in [-0.39, 0.29) is 29.9 Å². The lowest BCUT2D eigenvalue weighted by molar-refractivity contribution is -0.137. The molecule has 14 heteroatoms. The van der Waals surface area contributed by atoms with Gasteiger partial charge in [-0.25, -0.2) is 19.6 Å². The zero-order chi connectivity index (χ0) is 45.6. The van der Waals surface area contributed by atoms with Crippen LogP contribution in [0.15, 0.2) is 152 Å². The fraction of sp³-hybridized carbons (Fsp3) is 0.231. The third-order valence-electron chi connectivity index (χ3n) is 12.6. The quantitative estimate of drug-likeness (QED) is 0.0939. The third kappa shape index (κ3) is 9.03. The maximum Gasteiger partial charge on any atom is 0.407 e. The Bertz CT molecular complexity index is 2780. The largest absolute Gasteiger partial charge is 0.453 e. The monoisotopic (exact) mass is 882 g/mol. The summed E-state index contributed by atoms with van der Waals surface area (Å²) in [4.78, 5) is 73.6. The molecule has 7 aromatic rings. The summed E-state index contributed by atoms with van der Waals surface area (Å²) in [5.74, 6) is 0.892. The van der Waals surface area contributed by atoms with Crippen molar-refractivity contribution in [3.8, 4) is 33.6 Å². The number of imidazole rings is 2. The van der Waals surface area contributed by atoms with Crippen LogP contribution in [-0.2, 0) is 19.1 Å². The van der Waals surface area contributed by atoms with Crippen molar-refractivity contribution in [2.45, 2.75) is 55.9 Å². The molecule has 0 aliphatic carbocycles. The Balaban J connectivity index is 0.898. The number of aromatic nitrogens is 4. The molecule has 2 saturated heterocycles. The number of carbonyl (C=O) groups excluding carboxylic acids is 4. The van der Waals surface area contributed by atoms with Gasteiger partial charge in [0.15, 0.2) is 0 Å².